The summed E-state index contributed by atoms with van der Waals surface area (Å²) in [7, 11) is -3.59. The van der Waals surface area contributed by atoms with Crippen molar-refractivity contribution in [2.45, 2.75) is 11.2 Å². The van der Waals surface area contributed by atoms with Gasteiger partial charge in [-0.1, -0.05) is 30.3 Å². The van der Waals surface area contributed by atoms with Gasteiger partial charge in [-0.2, -0.15) is 0 Å². The van der Waals surface area contributed by atoms with Gasteiger partial charge >= 0.3 is 0 Å². The standard InChI is InChI=1S/C15H15NO4S/c17-21(18,14-7-2-1-3-8-14)16-13-6-4-5-12(11-13)15-19-9-10-20-15/h1-8,11,15-16H,9-10H2. The van der Waals surface area contributed by atoms with E-state index in [0.717, 1.165) is 5.56 Å². The van der Waals surface area contributed by atoms with Crippen LogP contribution < -0.4 is 4.72 Å². The summed E-state index contributed by atoms with van der Waals surface area (Å²) in [4.78, 5) is 0.226. The van der Waals surface area contributed by atoms with Gasteiger partial charge in [-0.15, -0.1) is 0 Å². The molecule has 110 valence electrons. The van der Waals surface area contributed by atoms with E-state index < -0.39 is 16.3 Å². The molecule has 6 heteroatoms. The molecule has 3 rings (SSSR count). The van der Waals surface area contributed by atoms with E-state index in [9.17, 15) is 8.42 Å². The molecule has 0 radical (unpaired) electrons. The van der Waals surface area contributed by atoms with Gasteiger partial charge in [-0.3, -0.25) is 4.72 Å². The Morgan fingerprint density at radius 1 is 0.952 bits per heavy atom. The highest BCUT2D eigenvalue weighted by atomic mass is 32.2. The molecule has 0 saturated carbocycles. The van der Waals surface area contributed by atoms with E-state index >= 15 is 0 Å². The lowest BCUT2D eigenvalue weighted by molar-refractivity contribution is -0.0440. The summed E-state index contributed by atoms with van der Waals surface area (Å²) in [5.41, 5.74) is 1.27. The van der Waals surface area contributed by atoms with Crippen LogP contribution in [0.5, 0.6) is 0 Å². The maximum Gasteiger partial charge on any atom is 0.261 e. The van der Waals surface area contributed by atoms with Crippen molar-refractivity contribution in [2.24, 2.45) is 0 Å². The molecular weight excluding hydrogens is 290 g/mol. The van der Waals surface area contributed by atoms with Crippen LogP contribution in [-0.2, 0) is 19.5 Å². The Hall–Kier alpha value is -1.89. The summed E-state index contributed by atoms with van der Waals surface area (Å²) in [5.74, 6) is 0. The molecule has 0 bridgehead atoms. The molecule has 21 heavy (non-hydrogen) atoms. The van der Waals surface area contributed by atoms with Crippen molar-refractivity contribution in [3.8, 4) is 0 Å². The summed E-state index contributed by atoms with van der Waals surface area (Å²) >= 11 is 0. The number of nitrogens with one attached hydrogen (secondary N) is 1. The lowest BCUT2D eigenvalue weighted by atomic mass is 10.2. The number of sulfonamides is 1. The van der Waals surface area contributed by atoms with Gasteiger partial charge in [0.15, 0.2) is 6.29 Å². The van der Waals surface area contributed by atoms with Gasteiger partial charge in [-0.05, 0) is 24.3 Å². The van der Waals surface area contributed by atoms with Crippen LogP contribution in [0.4, 0.5) is 5.69 Å². The Kier molecular flexibility index (Phi) is 3.92. The lowest BCUT2D eigenvalue weighted by Crippen LogP contribution is -2.13. The molecule has 0 spiro atoms. The van der Waals surface area contributed by atoms with E-state index in [1.165, 1.54) is 0 Å². The average Bonchev–Trinajstić information content (AvgIpc) is 3.02. The molecule has 2 aromatic rings. The topological polar surface area (TPSA) is 64.6 Å². The zero-order valence-corrected chi connectivity index (χ0v) is 12.0. The molecule has 1 aliphatic rings. The monoisotopic (exact) mass is 305 g/mol. The van der Waals surface area contributed by atoms with Crippen molar-refractivity contribution >= 4 is 15.7 Å². The first-order valence-electron chi connectivity index (χ1n) is 6.56. The van der Waals surface area contributed by atoms with Gasteiger partial charge in [0.25, 0.3) is 10.0 Å². The Morgan fingerprint density at radius 3 is 2.38 bits per heavy atom. The van der Waals surface area contributed by atoms with Gasteiger partial charge in [0, 0.05) is 11.3 Å². The van der Waals surface area contributed by atoms with Gasteiger partial charge in [0.2, 0.25) is 0 Å². The number of benzene rings is 2. The minimum absolute atomic E-state index is 0.226. The third-order valence-electron chi connectivity index (χ3n) is 3.09. The largest absolute Gasteiger partial charge is 0.346 e. The fourth-order valence-electron chi connectivity index (χ4n) is 2.11. The maximum atomic E-state index is 12.3. The molecule has 0 amide bonds. The molecule has 1 heterocycles. The van der Waals surface area contributed by atoms with Gasteiger partial charge in [-0.25, -0.2) is 8.42 Å². The van der Waals surface area contributed by atoms with Crippen molar-refractivity contribution in [1.29, 1.82) is 0 Å². The maximum absolute atomic E-state index is 12.3. The number of anilines is 1. The predicted octanol–water partition coefficient (Wildman–Crippen LogP) is 2.53. The van der Waals surface area contributed by atoms with Crippen LogP contribution in [0, 0.1) is 0 Å². The highest BCUT2D eigenvalue weighted by molar-refractivity contribution is 7.92. The third-order valence-corrected chi connectivity index (χ3v) is 4.48. The molecule has 0 aromatic heterocycles. The summed E-state index contributed by atoms with van der Waals surface area (Å²) in [6.45, 7) is 1.09. The number of rotatable bonds is 4. The Labute approximate surface area is 123 Å². The molecule has 2 aromatic carbocycles. The summed E-state index contributed by atoms with van der Waals surface area (Å²) in [6.07, 6.45) is -0.425. The summed E-state index contributed by atoms with van der Waals surface area (Å²) in [5, 5.41) is 0. The molecule has 1 saturated heterocycles. The van der Waals surface area contributed by atoms with E-state index in [1.807, 2.05) is 6.07 Å². The molecule has 1 fully saturated rings. The first-order chi connectivity index (χ1) is 10.1. The van der Waals surface area contributed by atoms with Crippen molar-refractivity contribution in [2.75, 3.05) is 17.9 Å². The smallest absolute Gasteiger partial charge is 0.261 e. The third kappa shape index (κ3) is 3.24. The number of hydrogen-bond acceptors (Lipinski definition) is 4. The van der Waals surface area contributed by atoms with Crippen molar-refractivity contribution in [1.82, 2.24) is 0 Å². The minimum atomic E-state index is -3.59. The highest BCUT2D eigenvalue weighted by Crippen LogP contribution is 2.26. The molecule has 5 nitrogen and oxygen atoms in total. The fourth-order valence-corrected chi connectivity index (χ4v) is 3.18. The number of ether oxygens (including phenoxy) is 2. The Morgan fingerprint density at radius 2 is 1.67 bits per heavy atom. The molecular formula is C15H15NO4S. The SMILES string of the molecule is O=S(=O)(Nc1cccc(C2OCCO2)c1)c1ccccc1. The van der Waals surface area contributed by atoms with Crippen LogP contribution in [0.15, 0.2) is 59.5 Å². The molecule has 0 atom stereocenters. The van der Waals surface area contributed by atoms with Gasteiger partial charge in [0.1, 0.15) is 0 Å². The molecule has 1 aliphatic heterocycles. The minimum Gasteiger partial charge on any atom is -0.346 e. The van der Waals surface area contributed by atoms with E-state index in [-0.39, 0.29) is 4.90 Å². The van der Waals surface area contributed by atoms with Crippen molar-refractivity contribution in [3.63, 3.8) is 0 Å². The van der Waals surface area contributed by atoms with Crippen LogP contribution in [0.1, 0.15) is 11.9 Å². The zero-order chi connectivity index (χ0) is 14.7. The predicted molar refractivity (Wildman–Crippen MR) is 78.3 cm³/mol. The average molecular weight is 305 g/mol. The lowest BCUT2D eigenvalue weighted by Gasteiger charge is -2.12. The Balaban J connectivity index is 1.83. The van der Waals surface area contributed by atoms with Crippen LogP contribution >= 0.6 is 0 Å². The second-order valence-electron chi connectivity index (χ2n) is 4.62. The van der Waals surface area contributed by atoms with Crippen LogP contribution in [0.25, 0.3) is 0 Å². The van der Waals surface area contributed by atoms with E-state index in [4.69, 9.17) is 9.47 Å². The molecule has 1 N–H and O–H groups in total. The second-order valence-corrected chi connectivity index (χ2v) is 6.30. The highest BCUT2D eigenvalue weighted by Gasteiger charge is 2.19. The molecule has 0 aliphatic carbocycles. The van der Waals surface area contributed by atoms with E-state index in [2.05, 4.69) is 4.72 Å². The van der Waals surface area contributed by atoms with Gasteiger partial charge < -0.3 is 9.47 Å². The van der Waals surface area contributed by atoms with Crippen LogP contribution in [-0.4, -0.2) is 21.6 Å². The normalized spacial score (nSPS) is 16.0. The summed E-state index contributed by atoms with van der Waals surface area (Å²) in [6, 6.07) is 15.3. The van der Waals surface area contributed by atoms with Crippen molar-refractivity contribution < 1.29 is 17.9 Å². The van der Waals surface area contributed by atoms with E-state index in [0.29, 0.717) is 18.9 Å². The van der Waals surface area contributed by atoms with E-state index in [1.54, 1.807) is 48.5 Å². The fraction of sp³-hybridized carbons (Fsp3) is 0.200. The first-order valence-corrected chi connectivity index (χ1v) is 8.04. The molecule has 0 unspecified atom stereocenters. The second kappa shape index (κ2) is 5.85. The quantitative estimate of drug-likeness (QED) is 0.942. The van der Waals surface area contributed by atoms with Crippen LogP contribution in [0.3, 0.4) is 0 Å². The van der Waals surface area contributed by atoms with Crippen LogP contribution in [0.2, 0.25) is 0 Å². The Bertz CT molecular complexity index is 709. The first kappa shape index (κ1) is 14.1. The van der Waals surface area contributed by atoms with Gasteiger partial charge in [0.05, 0.1) is 18.1 Å². The summed E-state index contributed by atoms with van der Waals surface area (Å²) < 4.78 is 37.9. The zero-order valence-electron chi connectivity index (χ0n) is 11.2. The van der Waals surface area contributed by atoms with Crippen molar-refractivity contribution in [3.05, 3.63) is 60.2 Å². The number of hydrogen-bond donors (Lipinski definition) is 1.